The molecule has 0 spiro atoms. The molecule has 0 N–H and O–H groups in total. The van der Waals surface area contributed by atoms with Crippen molar-refractivity contribution >= 4 is 11.8 Å². The third-order valence-electron chi connectivity index (χ3n) is 3.48. The molecule has 9 heteroatoms. The van der Waals surface area contributed by atoms with Gasteiger partial charge in [0.05, 0.1) is 11.5 Å². The third-order valence-corrected chi connectivity index (χ3v) is 4.53. The summed E-state index contributed by atoms with van der Waals surface area (Å²) < 4.78 is 12.8. The van der Waals surface area contributed by atoms with Gasteiger partial charge in [0.15, 0.2) is 0 Å². The molecule has 0 saturated heterocycles. The molecule has 3 heterocycles. The van der Waals surface area contributed by atoms with Crippen LogP contribution in [-0.4, -0.2) is 30.4 Å². The highest BCUT2D eigenvalue weighted by molar-refractivity contribution is 7.99. The zero-order chi connectivity index (χ0) is 17.1. The summed E-state index contributed by atoms with van der Waals surface area (Å²) in [5.41, 5.74) is 0.890. The van der Waals surface area contributed by atoms with E-state index in [1.54, 1.807) is 10.9 Å². The summed E-state index contributed by atoms with van der Waals surface area (Å²) >= 11 is 1.45. The largest absolute Gasteiger partial charge is 0.467 e. The molecular weight excluding hydrogens is 340 g/mol. The molecule has 1 unspecified atom stereocenters. The summed E-state index contributed by atoms with van der Waals surface area (Å²) in [5.74, 6) is 1.81. The second-order valence-corrected chi connectivity index (χ2v) is 6.58. The number of rotatable bonds is 6. The average molecular weight is 354 g/mol. The molecule has 3 aromatic heterocycles. The first kappa shape index (κ1) is 15.6. The third kappa shape index (κ3) is 3.45. The molecule has 1 aromatic carbocycles. The standard InChI is InChI=1S/C16H14N6O2S/c1-11(14-17-18-15(24-14)12-6-3-2-4-7-12)25-16-19-20-21-22(16)10-13-8-5-9-23-13/h2-9,11H,10H2,1H3. The Labute approximate surface area is 147 Å². The lowest BCUT2D eigenvalue weighted by Gasteiger charge is -2.06. The van der Waals surface area contributed by atoms with Crippen LogP contribution in [0.1, 0.15) is 23.8 Å². The van der Waals surface area contributed by atoms with Crippen LogP contribution in [0.5, 0.6) is 0 Å². The van der Waals surface area contributed by atoms with Crippen molar-refractivity contribution in [2.45, 2.75) is 23.9 Å². The van der Waals surface area contributed by atoms with Gasteiger partial charge in [-0.1, -0.05) is 30.0 Å². The number of thioether (sulfide) groups is 1. The molecule has 8 nitrogen and oxygen atoms in total. The molecule has 1 atom stereocenters. The fourth-order valence-electron chi connectivity index (χ4n) is 2.24. The van der Waals surface area contributed by atoms with Crippen molar-refractivity contribution in [2.75, 3.05) is 0 Å². The van der Waals surface area contributed by atoms with Crippen molar-refractivity contribution in [2.24, 2.45) is 0 Å². The highest BCUT2D eigenvalue weighted by Crippen LogP contribution is 2.33. The quantitative estimate of drug-likeness (QED) is 0.487. The molecular formula is C16H14N6O2S. The Kier molecular flexibility index (Phi) is 4.30. The van der Waals surface area contributed by atoms with E-state index in [1.165, 1.54) is 11.8 Å². The first-order chi connectivity index (χ1) is 12.3. The van der Waals surface area contributed by atoms with Gasteiger partial charge in [-0.25, -0.2) is 4.68 Å². The van der Waals surface area contributed by atoms with E-state index >= 15 is 0 Å². The Morgan fingerprint density at radius 3 is 2.76 bits per heavy atom. The lowest BCUT2D eigenvalue weighted by molar-refractivity contribution is 0.462. The van der Waals surface area contributed by atoms with Gasteiger partial charge in [-0.05, 0) is 41.6 Å². The predicted octanol–water partition coefficient (Wildman–Crippen LogP) is 3.22. The second kappa shape index (κ2) is 6.89. The Morgan fingerprint density at radius 1 is 1.08 bits per heavy atom. The maximum Gasteiger partial charge on any atom is 0.247 e. The van der Waals surface area contributed by atoms with Crippen LogP contribution in [0.25, 0.3) is 11.5 Å². The van der Waals surface area contributed by atoms with Gasteiger partial charge in [-0.2, -0.15) is 0 Å². The van der Waals surface area contributed by atoms with E-state index in [1.807, 2.05) is 49.4 Å². The average Bonchev–Trinajstić information content (AvgIpc) is 3.38. The van der Waals surface area contributed by atoms with E-state index in [0.29, 0.717) is 23.5 Å². The number of benzene rings is 1. The zero-order valence-corrected chi connectivity index (χ0v) is 14.1. The predicted molar refractivity (Wildman–Crippen MR) is 89.6 cm³/mol. The molecule has 126 valence electrons. The van der Waals surface area contributed by atoms with Crippen molar-refractivity contribution in [3.63, 3.8) is 0 Å². The van der Waals surface area contributed by atoms with Crippen molar-refractivity contribution in [3.05, 3.63) is 60.4 Å². The summed E-state index contributed by atoms with van der Waals surface area (Å²) in [4.78, 5) is 0. The number of tetrazole rings is 1. The van der Waals surface area contributed by atoms with E-state index in [-0.39, 0.29) is 5.25 Å². The number of nitrogens with zero attached hydrogens (tertiary/aromatic N) is 6. The monoisotopic (exact) mass is 354 g/mol. The molecule has 4 rings (SSSR count). The van der Waals surface area contributed by atoms with E-state index in [0.717, 1.165) is 11.3 Å². The topological polar surface area (TPSA) is 95.7 Å². The first-order valence-electron chi connectivity index (χ1n) is 7.63. The van der Waals surface area contributed by atoms with E-state index in [4.69, 9.17) is 8.83 Å². The molecule has 0 aliphatic carbocycles. The van der Waals surface area contributed by atoms with Crippen molar-refractivity contribution in [1.29, 1.82) is 0 Å². The van der Waals surface area contributed by atoms with Gasteiger partial charge in [-0.15, -0.1) is 15.3 Å². The number of aromatic nitrogens is 6. The van der Waals surface area contributed by atoms with Crippen LogP contribution >= 0.6 is 11.8 Å². The summed E-state index contributed by atoms with van der Waals surface area (Å²) in [7, 11) is 0. The van der Waals surface area contributed by atoms with Crippen LogP contribution in [-0.2, 0) is 6.54 Å². The minimum Gasteiger partial charge on any atom is -0.467 e. The van der Waals surface area contributed by atoms with E-state index in [9.17, 15) is 0 Å². The zero-order valence-electron chi connectivity index (χ0n) is 13.3. The molecule has 0 saturated carbocycles. The molecule has 0 aliphatic heterocycles. The Morgan fingerprint density at radius 2 is 1.96 bits per heavy atom. The lowest BCUT2D eigenvalue weighted by atomic mass is 10.2. The highest BCUT2D eigenvalue weighted by atomic mass is 32.2. The SMILES string of the molecule is CC(Sc1nnnn1Cc1ccco1)c1nnc(-c2ccccc2)o1. The molecule has 0 bridgehead atoms. The van der Waals surface area contributed by atoms with Crippen molar-refractivity contribution in [3.8, 4) is 11.5 Å². The van der Waals surface area contributed by atoms with Crippen LogP contribution in [0.3, 0.4) is 0 Å². The Balaban J connectivity index is 1.49. The molecule has 0 aliphatic rings. The first-order valence-corrected chi connectivity index (χ1v) is 8.51. The van der Waals surface area contributed by atoms with Crippen LogP contribution < -0.4 is 0 Å². The maximum absolute atomic E-state index is 5.79. The Hall–Kier alpha value is -2.94. The Bertz CT molecular complexity index is 935. The van der Waals surface area contributed by atoms with Crippen LogP contribution in [0.2, 0.25) is 0 Å². The smallest absolute Gasteiger partial charge is 0.247 e. The van der Waals surface area contributed by atoms with Gasteiger partial charge in [0.1, 0.15) is 12.3 Å². The van der Waals surface area contributed by atoms with Gasteiger partial charge >= 0.3 is 0 Å². The van der Waals surface area contributed by atoms with Crippen LogP contribution in [0, 0.1) is 0 Å². The van der Waals surface area contributed by atoms with Gasteiger partial charge in [0.2, 0.25) is 16.9 Å². The summed E-state index contributed by atoms with van der Waals surface area (Å²) in [6, 6.07) is 13.4. The minimum absolute atomic E-state index is 0.0914. The number of hydrogen-bond donors (Lipinski definition) is 0. The molecule has 0 radical (unpaired) electrons. The van der Waals surface area contributed by atoms with Gasteiger partial charge in [-0.3, -0.25) is 0 Å². The molecule has 25 heavy (non-hydrogen) atoms. The van der Waals surface area contributed by atoms with Crippen molar-refractivity contribution in [1.82, 2.24) is 30.4 Å². The number of furan rings is 1. The van der Waals surface area contributed by atoms with Crippen LogP contribution in [0.4, 0.5) is 0 Å². The summed E-state index contributed by atoms with van der Waals surface area (Å²) in [5, 5.41) is 20.6. The summed E-state index contributed by atoms with van der Waals surface area (Å²) in [6.45, 7) is 2.44. The molecule has 0 amide bonds. The fraction of sp³-hybridized carbons (Fsp3) is 0.188. The van der Waals surface area contributed by atoms with E-state index in [2.05, 4.69) is 25.7 Å². The molecule has 0 fully saturated rings. The minimum atomic E-state index is -0.0914. The van der Waals surface area contributed by atoms with Crippen molar-refractivity contribution < 1.29 is 8.83 Å². The normalized spacial score (nSPS) is 12.4. The fourth-order valence-corrected chi connectivity index (χ4v) is 3.05. The highest BCUT2D eigenvalue weighted by Gasteiger charge is 2.20. The van der Waals surface area contributed by atoms with Gasteiger partial charge < -0.3 is 8.83 Å². The summed E-state index contributed by atoms with van der Waals surface area (Å²) in [6.07, 6.45) is 1.62. The lowest BCUT2D eigenvalue weighted by Crippen LogP contribution is -2.04. The van der Waals surface area contributed by atoms with Gasteiger partial charge in [0, 0.05) is 5.56 Å². The second-order valence-electron chi connectivity index (χ2n) is 5.27. The molecule has 4 aromatic rings. The van der Waals surface area contributed by atoms with Gasteiger partial charge in [0.25, 0.3) is 0 Å². The number of hydrogen-bond acceptors (Lipinski definition) is 8. The van der Waals surface area contributed by atoms with Crippen LogP contribution in [0.15, 0.2) is 62.7 Å². The van der Waals surface area contributed by atoms with E-state index < -0.39 is 0 Å². The maximum atomic E-state index is 5.79.